The molecule has 0 amide bonds. The third-order valence-corrected chi connectivity index (χ3v) is 7.74. The summed E-state index contributed by atoms with van der Waals surface area (Å²) in [6.07, 6.45) is 11.4. The summed E-state index contributed by atoms with van der Waals surface area (Å²) >= 11 is 0. The van der Waals surface area contributed by atoms with Crippen molar-refractivity contribution in [1.29, 1.82) is 0 Å². The molecule has 0 aliphatic rings. The van der Waals surface area contributed by atoms with Crippen LogP contribution < -0.4 is 4.74 Å². The molecule has 188 valence electrons. The van der Waals surface area contributed by atoms with E-state index in [0.29, 0.717) is 0 Å². The Balaban J connectivity index is 1.28. The van der Waals surface area contributed by atoms with Gasteiger partial charge in [0.25, 0.3) is 0 Å². The minimum Gasteiger partial charge on any atom is -0.457 e. The molecule has 0 fully saturated rings. The van der Waals surface area contributed by atoms with E-state index in [1.165, 1.54) is 10.9 Å². The van der Waals surface area contributed by atoms with Crippen LogP contribution in [0.3, 0.4) is 0 Å². The van der Waals surface area contributed by atoms with Crippen LogP contribution in [0.4, 0.5) is 0 Å². The molecule has 0 N–H and O–H groups in total. The van der Waals surface area contributed by atoms with Crippen molar-refractivity contribution >= 4 is 54.6 Å². The first kappa shape index (κ1) is 22.1. The fraction of sp³-hybridized carbons (Fsp3) is 0.121. The number of ether oxygens (including phenoxy) is 1. The SMILES string of the molecule is CC(C)(C)c1ccc2c3ccc(Oc4ccc5c6cnccc6n6ccnc6c5c4)cc3c3nccn3c2c1. The molecule has 3 aromatic carbocycles. The minimum atomic E-state index is 0.0678. The Hall–Kier alpha value is -4.97. The molecule has 0 aliphatic carbocycles. The highest BCUT2D eigenvalue weighted by atomic mass is 16.5. The molecule has 5 aromatic heterocycles. The van der Waals surface area contributed by atoms with Crippen LogP contribution in [-0.4, -0.2) is 23.8 Å². The molecule has 8 aromatic rings. The van der Waals surface area contributed by atoms with Crippen LogP contribution in [0.5, 0.6) is 11.5 Å². The number of hydrogen-bond donors (Lipinski definition) is 0. The van der Waals surface area contributed by atoms with Gasteiger partial charge < -0.3 is 4.74 Å². The van der Waals surface area contributed by atoms with Gasteiger partial charge in [-0.25, -0.2) is 9.97 Å². The quantitative estimate of drug-likeness (QED) is 0.222. The Morgan fingerprint density at radius 2 is 1.21 bits per heavy atom. The van der Waals surface area contributed by atoms with E-state index in [1.54, 1.807) is 0 Å². The second kappa shape index (κ2) is 7.77. The van der Waals surface area contributed by atoms with E-state index in [2.05, 4.69) is 82.0 Å². The highest BCUT2D eigenvalue weighted by molar-refractivity contribution is 6.13. The molecule has 0 atom stereocenters. The van der Waals surface area contributed by atoms with E-state index in [4.69, 9.17) is 9.72 Å². The molecule has 39 heavy (non-hydrogen) atoms. The average molecular weight is 508 g/mol. The van der Waals surface area contributed by atoms with E-state index in [9.17, 15) is 0 Å². The summed E-state index contributed by atoms with van der Waals surface area (Å²) in [6.45, 7) is 6.73. The lowest BCUT2D eigenvalue weighted by Crippen LogP contribution is -2.11. The Bertz CT molecular complexity index is 2250. The summed E-state index contributed by atoms with van der Waals surface area (Å²) in [7, 11) is 0. The van der Waals surface area contributed by atoms with Crippen molar-refractivity contribution in [3.05, 3.63) is 103 Å². The van der Waals surface area contributed by atoms with E-state index in [1.807, 2.05) is 55.4 Å². The van der Waals surface area contributed by atoms with Crippen LogP contribution in [0.1, 0.15) is 26.3 Å². The van der Waals surface area contributed by atoms with Gasteiger partial charge in [-0.2, -0.15) is 0 Å². The molecule has 0 bridgehead atoms. The van der Waals surface area contributed by atoms with E-state index >= 15 is 0 Å². The monoisotopic (exact) mass is 507 g/mol. The molecule has 6 heteroatoms. The highest BCUT2D eigenvalue weighted by Crippen LogP contribution is 2.37. The molecular weight excluding hydrogens is 482 g/mol. The summed E-state index contributed by atoms with van der Waals surface area (Å²) in [5, 5.41) is 6.62. The van der Waals surface area contributed by atoms with Crippen molar-refractivity contribution in [3.8, 4) is 11.5 Å². The standard InChI is InChI=1S/C33H25N5O/c1-33(2,3)20-4-7-25-23-8-5-21(17-26(23)32-36-13-15-38(32)30(25)16-20)39-22-6-9-24-27(18-22)31-35-12-14-37(31)29-10-11-34-19-28(24)29/h4-19H,1-3H3. The van der Waals surface area contributed by atoms with Gasteiger partial charge in [0.15, 0.2) is 0 Å². The Morgan fingerprint density at radius 1 is 0.590 bits per heavy atom. The molecule has 8 rings (SSSR count). The second-order valence-corrected chi connectivity index (χ2v) is 11.1. The Labute approximate surface area is 224 Å². The van der Waals surface area contributed by atoms with E-state index < -0.39 is 0 Å². The third kappa shape index (κ3) is 3.24. The van der Waals surface area contributed by atoms with Crippen LogP contribution in [0, 0.1) is 0 Å². The molecule has 0 spiro atoms. The zero-order chi connectivity index (χ0) is 26.3. The minimum absolute atomic E-state index is 0.0678. The average Bonchev–Trinajstić information content (AvgIpc) is 3.63. The highest BCUT2D eigenvalue weighted by Gasteiger charge is 2.17. The number of benzene rings is 3. The van der Waals surface area contributed by atoms with Crippen molar-refractivity contribution in [2.75, 3.05) is 0 Å². The number of hydrogen-bond acceptors (Lipinski definition) is 4. The van der Waals surface area contributed by atoms with Gasteiger partial charge in [-0.3, -0.25) is 13.8 Å². The molecule has 0 saturated heterocycles. The maximum absolute atomic E-state index is 6.44. The van der Waals surface area contributed by atoms with Gasteiger partial charge in [0.2, 0.25) is 0 Å². The van der Waals surface area contributed by atoms with Gasteiger partial charge in [0.1, 0.15) is 22.8 Å². The fourth-order valence-electron chi connectivity index (χ4n) is 5.77. The molecule has 0 unspecified atom stereocenters. The number of nitrogens with zero attached hydrogens (tertiary/aromatic N) is 5. The zero-order valence-electron chi connectivity index (χ0n) is 21.9. The molecule has 0 radical (unpaired) electrons. The van der Waals surface area contributed by atoms with Crippen molar-refractivity contribution in [1.82, 2.24) is 23.8 Å². The Morgan fingerprint density at radius 3 is 1.87 bits per heavy atom. The summed E-state index contributed by atoms with van der Waals surface area (Å²) in [6, 6.07) is 21.2. The van der Waals surface area contributed by atoms with Crippen molar-refractivity contribution in [2.24, 2.45) is 0 Å². The lowest BCUT2D eigenvalue weighted by molar-refractivity contribution is 0.484. The molecule has 0 aliphatic heterocycles. The largest absolute Gasteiger partial charge is 0.457 e. The molecule has 5 heterocycles. The topological polar surface area (TPSA) is 56.7 Å². The van der Waals surface area contributed by atoms with Crippen LogP contribution >= 0.6 is 0 Å². The van der Waals surface area contributed by atoms with E-state index in [-0.39, 0.29) is 5.41 Å². The summed E-state index contributed by atoms with van der Waals surface area (Å²) in [4.78, 5) is 13.7. The van der Waals surface area contributed by atoms with E-state index in [0.717, 1.165) is 60.8 Å². The van der Waals surface area contributed by atoms with Gasteiger partial charge in [0, 0.05) is 58.7 Å². The van der Waals surface area contributed by atoms with Gasteiger partial charge in [-0.15, -0.1) is 0 Å². The summed E-state index contributed by atoms with van der Waals surface area (Å²) in [5.41, 5.74) is 5.43. The fourth-order valence-corrected chi connectivity index (χ4v) is 5.77. The van der Waals surface area contributed by atoms with Gasteiger partial charge >= 0.3 is 0 Å². The molecule has 0 saturated carbocycles. The first-order valence-electron chi connectivity index (χ1n) is 13.1. The molecular formula is C33H25N5O. The lowest BCUT2D eigenvalue weighted by atomic mass is 9.86. The van der Waals surface area contributed by atoms with Crippen molar-refractivity contribution < 1.29 is 4.74 Å². The third-order valence-electron chi connectivity index (χ3n) is 7.74. The number of pyridine rings is 3. The Kier molecular flexibility index (Phi) is 4.39. The number of aromatic nitrogens is 5. The van der Waals surface area contributed by atoms with Crippen molar-refractivity contribution in [3.63, 3.8) is 0 Å². The first-order chi connectivity index (χ1) is 19.0. The summed E-state index contributed by atoms with van der Waals surface area (Å²) in [5.74, 6) is 1.52. The molecule has 6 nitrogen and oxygen atoms in total. The van der Waals surface area contributed by atoms with Crippen LogP contribution in [-0.2, 0) is 5.41 Å². The second-order valence-electron chi connectivity index (χ2n) is 11.1. The van der Waals surface area contributed by atoms with Gasteiger partial charge in [0.05, 0.1) is 11.0 Å². The van der Waals surface area contributed by atoms with Crippen LogP contribution in [0.2, 0.25) is 0 Å². The number of rotatable bonds is 2. The summed E-state index contributed by atoms with van der Waals surface area (Å²) < 4.78 is 10.7. The maximum Gasteiger partial charge on any atom is 0.145 e. The lowest BCUT2D eigenvalue weighted by Gasteiger charge is -2.20. The van der Waals surface area contributed by atoms with Crippen LogP contribution in [0.15, 0.2) is 97.8 Å². The predicted octanol–water partition coefficient (Wildman–Crippen LogP) is 8.08. The predicted molar refractivity (Wildman–Crippen MR) is 157 cm³/mol. The van der Waals surface area contributed by atoms with Gasteiger partial charge in [-0.1, -0.05) is 32.9 Å². The van der Waals surface area contributed by atoms with Crippen LogP contribution in [0.25, 0.3) is 54.6 Å². The number of fused-ring (bicyclic) bond motifs is 12. The van der Waals surface area contributed by atoms with Gasteiger partial charge in [-0.05, 0) is 70.3 Å². The van der Waals surface area contributed by atoms with Crippen molar-refractivity contribution in [2.45, 2.75) is 26.2 Å². The first-order valence-corrected chi connectivity index (χ1v) is 13.1. The number of imidazole rings is 2. The maximum atomic E-state index is 6.44. The smallest absolute Gasteiger partial charge is 0.145 e. The normalized spacial score (nSPS) is 12.5. The zero-order valence-corrected chi connectivity index (χ0v) is 21.9.